The van der Waals surface area contributed by atoms with E-state index in [0.29, 0.717) is 10.6 Å². The van der Waals surface area contributed by atoms with Crippen molar-refractivity contribution in [2.75, 3.05) is 5.32 Å². The second-order valence-corrected chi connectivity index (χ2v) is 4.48. The van der Waals surface area contributed by atoms with Gasteiger partial charge in [-0.05, 0) is 18.2 Å². The van der Waals surface area contributed by atoms with Gasteiger partial charge in [0, 0.05) is 21.8 Å². The quantitative estimate of drug-likeness (QED) is 0.463. The van der Waals surface area contributed by atoms with Crippen molar-refractivity contribution in [3.8, 4) is 0 Å². The molecule has 0 radical (unpaired) electrons. The first-order valence-electron chi connectivity index (χ1n) is 5.53. The van der Waals surface area contributed by atoms with Crippen LogP contribution in [0, 0.1) is 6.07 Å². The molecule has 0 bridgehead atoms. The van der Waals surface area contributed by atoms with Crippen LogP contribution in [0.3, 0.4) is 0 Å². The number of amides is 1. The molecule has 2 aromatic carbocycles. The molecule has 2 nitrogen and oxygen atoms in total. The second-order valence-electron chi connectivity index (χ2n) is 4.04. The van der Waals surface area contributed by atoms with E-state index < -0.39 is 0 Å². The average Bonchev–Trinajstić information content (AvgIpc) is 2.67. The Kier molecular flexibility index (Phi) is 4.48. The number of hydrogen-bond acceptors (Lipinski definition) is 1. The van der Waals surface area contributed by atoms with E-state index in [1.54, 1.807) is 12.1 Å². The average molecular weight is 278 g/mol. The summed E-state index contributed by atoms with van der Waals surface area (Å²) in [5.41, 5.74) is 3.22. The van der Waals surface area contributed by atoms with Crippen LogP contribution in [0.4, 0.5) is 5.69 Å². The minimum Gasteiger partial charge on any atom is -0.321 e. The Morgan fingerprint density at radius 2 is 2.11 bits per heavy atom. The summed E-state index contributed by atoms with van der Waals surface area (Å²) in [6, 6.07) is 15.8. The zero-order valence-corrected chi connectivity index (χ0v) is 13.2. The van der Waals surface area contributed by atoms with Gasteiger partial charge in [0.1, 0.15) is 0 Å². The summed E-state index contributed by atoms with van der Waals surface area (Å²) >= 11 is 5.97. The van der Waals surface area contributed by atoms with Crippen molar-refractivity contribution in [3.05, 3.63) is 64.7 Å². The van der Waals surface area contributed by atoms with Crippen molar-refractivity contribution in [1.29, 1.82) is 0 Å². The first-order chi connectivity index (χ1) is 8.74. The van der Waals surface area contributed by atoms with E-state index in [4.69, 9.17) is 11.6 Å². The number of carbonyl (C=O) groups excluding carboxylic acids is 1. The molecule has 1 N–H and O–H groups in total. The fraction of sp³-hybridized carbons (Fsp3) is 0. The molecule has 0 saturated heterocycles. The molecular weight excluding hydrogens is 269 g/mol. The minimum absolute atomic E-state index is 0. The Hall–Kier alpha value is -1.06. The zero-order chi connectivity index (χ0) is 12.5. The van der Waals surface area contributed by atoms with Crippen LogP contribution in [0.5, 0.6) is 0 Å². The third-order valence-electron chi connectivity index (χ3n) is 2.81. The molecule has 1 heterocycles. The van der Waals surface area contributed by atoms with E-state index in [2.05, 4.69) is 11.4 Å². The van der Waals surface area contributed by atoms with Crippen molar-refractivity contribution in [1.82, 2.24) is 0 Å². The van der Waals surface area contributed by atoms with Gasteiger partial charge in [-0.2, -0.15) is 30.3 Å². The van der Waals surface area contributed by atoms with Crippen LogP contribution in [0.1, 0.15) is 11.1 Å². The molecule has 3 rings (SSSR count). The van der Waals surface area contributed by atoms with E-state index in [9.17, 15) is 4.79 Å². The van der Waals surface area contributed by atoms with Crippen molar-refractivity contribution in [2.24, 2.45) is 0 Å². The summed E-state index contributed by atoms with van der Waals surface area (Å²) in [7, 11) is 0. The van der Waals surface area contributed by atoms with Gasteiger partial charge in [0.15, 0.2) is 0 Å². The number of hydrogen-bond donors (Lipinski definition) is 1. The molecule has 88 valence electrons. The molecule has 0 unspecified atom stereocenters. The molecule has 0 aromatic heterocycles. The summed E-state index contributed by atoms with van der Waals surface area (Å²) in [6.07, 6.45) is 1.84. The van der Waals surface area contributed by atoms with E-state index >= 15 is 0 Å². The monoisotopic (exact) mass is 277 g/mol. The van der Waals surface area contributed by atoms with Gasteiger partial charge in [-0.25, -0.2) is 0 Å². The summed E-state index contributed by atoms with van der Waals surface area (Å²) in [5.74, 6) is -0.101. The number of rotatable bonds is 1. The number of fused-ring (bicyclic) bond motifs is 1. The van der Waals surface area contributed by atoms with Gasteiger partial charge in [0.2, 0.25) is 0 Å². The van der Waals surface area contributed by atoms with E-state index in [0.717, 1.165) is 16.8 Å². The van der Waals surface area contributed by atoms with Crippen LogP contribution in [-0.2, 0) is 4.79 Å². The Labute approximate surface area is 138 Å². The van der Waals surface area contributed by atoms with Crippen LogP contribution in [0.15, 0.2) is 42.5 Å². The van der Waals surface area contributed by atoms with Gasteiger partial charge >= 0.3 is 29.6 Å². The molecule has 1 aliphatic rings. The van der Waals surface area contributed by atoms with Crippen molar-refractivity contribution >= 4 is 34.8 Å². The topological polar surface area (TPSA) is 29.1 Å². The smallest absolute Gasteiger partial charge is 0.321 e. The fourth-order valence-corrected chi connectivity index (χ4v) is 2.14. The molecule has 0 fully saturated rings. The number of carbonyl (C=O) groups is 1. The standard InChI is InChI=1S/C15H9ClNO.Na/c16-11-6-7-14-12(9-11)13(15(18)17-14)8-10-4-2-1-3-5-10;/h1-2,4-9H,(H,17,18);/q-1;+1/b13-8-;. The van der Waals surface area contributed by atoms with E-state index in [1.165, 1.54) is 0 Å². The third-order valence-corrected chi connectivity index (χ3v) is 3.04. The molecule has 4 heteroatoms. The molecule has 1 aliphatic heterocycles. The van der Waals surface area contributed by atoms with Gasteiger partial charge in [0.25, 0.3) is 5.91 Å². The van der Waals surface area contributed by atoms with Crippen LogP contribution >= 0.6 is 11.6 Å². The van der Waals surface area contributed by atoms with Gasteiger partial charge in [-0.3, -0.25) is 4.79 Å². The molecule has 0 spiro atoms. The van der Waals surface area contributed by atoms with E-state index in [1.807, 2.05) is 36.4 Å². The maximum atomic E-state index is 11.9. The predicted molar refractivity (Wildman–Crippen MR) is 73.2 cm³/mol. The van der Waals surface area contributed by atoms with Crippen LogP contribution in [-0.4, -0.2) is 5.91 Å². The summed E-state index contributed by atoms with van der Waals surface area (Å²) in [5, 5.41) is 3.44. The van der Waals surface area contributed by atoms with Gasteiger partial charge in [-0.1, -0.05) is 17.7 Å². The van der Waals surface area contributed by atoms with Crippen LogP contribution in [0.2, 0.25) is 5.02 Å². The first-order valence-corrected chi connectivity index (χ1v) is 5.91. The summed E-state index contributed by atoms with van der Waals surface area (Å²) in [6.45, 7) is 0. The normalized spacial score (nSPS) is 14.8. The van der Waals surface area contributed by atoms with Gasteiger partial charge in [-0.15, -0.1) is 5.56 Å². The molecule has 2 aromatic rings. The number of benzene rings is 2. The van der Waals surface area contributed by atoms with Crippen molar-refractivity contribution in [3.63, 3.8) is 0 Å². The minimum atomic E-state index is -0.101. The molecule has 19 heavy (non-hydrogen) atoms. The maximum Gasteiger partial charge on any atom is 1.00 e. The third kappa shape index (κ3) is 2.93. The zero-order valence-electron chi connectivity index (χ0n) is 10.4. The Balaban J connectivity index is 0.00000133. The fourth-order valence-electron chi connectivity index (χ4n) is 1.97. The molecule has 1 amide bonds. The largest absolute Gasteiger partial charge is 1.00 e. The molecule has 0 atom stereocenters. The van der Waals surface area contributed by atoms with Crippen molar-refractivity contribution < 1.29 is 34.4 Å². The first kappa shape index (κ1) is 14.4. The van der Waals surface area contributed by atoms with Gasteiger partial charge in [0.05, 0.1) is 0 Å². The number of nitrogens with one attached hydrogen (secondary N) is 1. The SMILES string of the molecule is O=C1Nc2ccc(Cl)cc2/C1=C/c1c[c-]ccc1.[Na+]. The molecule has 0 aliphatic carbocycles. The Bertz CT molecular complexity index is 652. The molecule has 0 saturated carbocycles. The number of halogens is 1. The number of anilines is 1. The second kappa shape index (κ2) is 5.93. The van der Waals surface area contributed by atoms with Crippen LogP contribution < -0.4 is 34.9 Å². The Morgan fingerprint density at radius 3 is 2.84 bits per heavy atom. The van der Waals surface area contributed by atoms with Crippen molar-refractivity contribution in [2.45, 2.75) is 0 Å². The predicted octanol–water partition coefficient (Wildman–Crippen LogP) is 0.637. The van der Waals surface area contributed by atoms with Gasteiger partial charge < -0.3 is 5.32 Å². The van der Waals surface area contributed by atoms with Crippen LogP contribution in [0.25, 0.3) is 11.6 Å². The summed E-state index contributed by atoms with van der Waals surface area (Å²) < 4.78 is 0. The molecular formula is C15H9ClNNaO. The Morgan fingerprint density at radius 1 is 1.26 bits per heavy atom. The maximum absolute atomic E-state index is 11.9. The summed E-state index contributed by atoms with van der Waals surface area (Å²) in [4.78, 5) is 11.9. The van der Waals surface area contributed by atoms with E-state index in [-0.39, 0.29) is 35.5 Å².